The van der Waals surface area contributed by atoms with Gasteiger partial charge in [-0.15, -0.1) is 0 Å². The van der Waals surface area contributed by atoms with Crippen molar-refractivity contribution in [2.75, 3.05) is 41.4 Å². The molecule has 0 saturated heterocycles. The van der Waals surface area contributed by atoms with Gasteiger partial charge in [-0.2, -0.15) is 0 Å². The Morgan fingerprint density at radius 1 is 0.853 bits per heavy atom. The lowest BCUT2D eigenvalue weighted by molar-refractivity contribution is -0.135. The Balaban J connectivity index is 1.82. The highest BCUT2D eigenvalue weighted by Crippen LogP contribution is 2.52. The first kappa shape index (κ1) is 24.6. The molecule has 2 atom stereocenters. The van der Waals surface area contributed by atoms with Gasteiger partial charge in [-0.05, 0) is 71.4 Å². The minimum atomic E-state index is -1.03. The minimum absolute atomic E-state index is 0.275. The maximum absolute atomic E-state index is 13.7. The lowest BCUT2D eigenvalue weighted by atomic mass is 9.66. The molecule has 1 aliphatic heterocycles. The molecule has 0 fully saturated rings. The minimum Gasteiger partial charge on any atom is -0.425 e. The van der Waals surface area contributed by atoms with Gasteiger partial charge in [0.15, 0.2) is 0 Å². The van der Waals surface area contributed by atoms with Crippen molar-refractivity contribution >= 4 is 5.97 Å². The summed E-state index contributed by atoms with van der Waals surface area (Å²) in [7, 11) is 8.03. The van der Waals surface area contributed by atoms with Gasteiger partial charge >= 0.3 is 5.97 Å². The quantitative estimate of drug-likeness (QED) is 0.326. The van der Waals surface area contributed by atoms with E-state index in [0.29, 0.717) is 31.8 Å². The molecular formula is C28H36N2O4. The van der Waals surface area contributed by atoms with E-state index in [0.717, 1.165) is 16.7 Å². The van der Waals surface area contributed by atoms with E-state index in [1.54, 1.807) is 0 Å². The van der Waals surface area contributed by atoms with Crippen LogP contribution in [0, 0.1) is 0 Å². The molecule has 1 aromatic rings. The van der Waals surface area contributed by atoms with Gasteiger partial charge in [0.25, 0.3) is 0 Å². The number of nitrogens with zero attached hydrogens (tertiary/aromatic N) is 2. The highest BCUT2D eigenvalue weighted by atomic mass is 16.5. The van der Waals surface area contributed by atoms with Gasteiger partial charge in [-0.1, -0.05) is 42.5 Å². The zero-order valence-electron chi connectivity index (χ0n) is 21.1. The number of benzene rings is 1. The predicted molar refractivity (Wildman–Crippen MR) is 134 cm³/mol. The molecule has 0 aromatic heterocycles. The number of rotatable bonds is 8. The van der Waals surface area contributed by atoms with Gasteiger partial charge in [-0.25, -0.2) is 4.79 Å². The van der Waals surface area contributed by atoms with E-state index in [2.05, 4.69) is 34.1 Å². The maximum Gasteiger partial charge on any atom is 0.331 e. The highest BCUT2D eigenvalue weighted by Gasteiger charge is 2.55. The lowest BCUT2D eigenvalue weighted by Gasteiger charge is -2.42. The smallest absolute Gasteiger partial charge is 0.331 e. The van der Waals surface area contributed by atoms with Crippen LogP contribution in [0.15, 0.2) is 71.9 Å². The summed E-state index contributed by atoms with van der Waals surface area (Å²) in [6, 6.07) is 7.72. The fourth-order valence-electron chi connectivity index (χ4n) is 5.28. The summed E-state index contributed by atoms with van der Waals surface area (Å²) in [6.45, 7) is 5.19. The zero-order valence-corrected chi connectivity index (χ0v) is 21.1. The third-order valence-corrected chi connectivity index (χ3v) is 7.24. The molecule has 1 aromatic carbocycles. The summed E-state index contributed by atoms with van der Waals surface area (Å²) in [6.07, 6.45) is 13.7. The van der Waals surface area contributed by atoms with E-state index in [1.807, 2.05) is 78.5 Å². The number of fused-ring (bicyclic) bond motifs is 1. The van der Waals surface area contributed by atoms with E-state index in [1.165, 1.54) is 0 Å². The van der Waals surface area contributed by atoms with Crippen molar-refractivity contribution in [2.24, 2.45) is 0 Å². The van der Waals surface area contributed by atoms with Crippen LogP contribution in [0.2, 0.25) is 0 Å². The summed E-state index contributed by atoms with van der Waals surface area (Å²) in [4.78, 5) is 17.9. The molecule has 0 spiro atoms. The second kappa shape index (κ2) is 9.27. The molecule has 3 aliphatic rings. The van der Waals surface area contributed by atoms with Crippen LogP contribution in [-0.2, 0) is 19.7 Å². The fourth-order valence-corrected chi connectivity index (χ4v) is 5.28. The summed E-state index contributed by atoms with van der Waals surface area (Å²) in [5, 5.41) is 0. The van der Waals surface area contributed by atoms with E-state index in [-0.39, 0.29) is 5.97 Å². The zero-order chi connectivity index (χ0) is 24.6. The topological polar surface area (TPSA) is 51.2 Å². The normalized spacial score (nSPS) is 30.4. The number of likely N-dealkylation sites (N-methyl/N-ethyl adjacent to an activating group) is 2. The van der Waals surface area contributed by atoms with Gasteiger partial charge in [-0.3, -0.25) is 9.80 Å². The lowest BCUT2D eigenvalue weighted by Crippen LogP contribution is -2.48. The van der Waals surface area contributed by atoms with Crippen LogP contribution in [0.25, 0.3) is 0 Å². The average molecular weight is 465 g/mol. The van der Waals surface area contributed by atoms with Crippen molar-refractivity contribution in [3.05, 3.63) is 77.4 Å². The van der Waals surface area contributed by atoms with E-state index < -0.39 is 16.9 Å². The van der Waals surface area contributed by atoms with Crippen molar-refractivity contribution in [1.29, 1.82) is 0 Å². The number of hydrogen-bond donors (Lipinski definition) is 0. The van der Waals surface area contributed by atoms with Crippen LogP contribution in [0.1, 0.15) is 32.3 Å². The summed E-state index contributed by atoms with van der Waals surface area (Å²) < 4.78 is 18.1. The second-order valence-electron chi connectivity index (χ2n) is 9.37. The Morgan fingerprint density at radius 2 is 1.35 bits per heavy atom. The summed E-state index contributed by atoms with van der Waals surface area (Å²) >= 11 is 0. The van der Waals surface area contributed by atoms with Gasteiger partial charge in [0, 0.05) is 31.6 Å². The Labute approximate surface area is 203 Å². The Morgan fingerprint density at radius 3 is 1.76 bits per heavy atom. The van der Waals surface area contributed by atoms with Gasteiger partial charge in [0.05, 0.1) is 0 Å². The largest absolute Gasteiger partial charge is 0.425 e. The number of esters is 1. The number of hydrogen-bond acceptors (Lipinski definition) is 6. The molecule has 34 heavy (non-hydrogen) atoms. The Kier molecular flexibility index (Phi) is 6.71. The van der Waals surface area contributed by atoms with Crippen LogP contribution in [0.4, 0.5) is 0 Å². The van der Waals surface area contributed by atoms with Crippen molar-refractivity contribution in [3.63, 3.8) is 0 Å². The molecule has 0 saturated carbocycles. The average Bonchev–Trinajstić information content (AvgIpc) is 3.12. The van der Waals surface area contributed by atoms with Crippen LogP contribution in [0.5, 0.6) is 5.75 Å². The summed E-state index contributed by atoms with van der Waals surface area (Å²) in [5.74, 6) is 0.336. The highest BCUT2D eigenvalue weighted by molar-refractivity contribution is 5.99. The molecule has 4 rings (SSSR count). The van der Waals surface area contributed by atoms with Crippen molar-refractivity contribution < 1.29 is 19.0 Å². The van der Waals surface area contributed by atoms with Crippen LogP contribution in [-0.4, -0.2) is 68.6 Å². The second-order valence-corrected chi connectivity index (χ2v) is 9.37. The monoisotopic (exact) mass is 464 g/mol. The number of carbonyl (C=O) groups is 1. The van der Waals surface area contributed by atoms with Crippen molar-refractivity contribution in [3.8, 4) is 5.75 Å². The molecule has 2 aliphatic carbocycles. The fraction of sp³-hybridized carbons (Fsp3) is 0.464. The SMILES string of the molecule is CCOC1(N(C)C)C=CC(C2(C3=CCC(OCC)(N(C)C)C=C3)C(=O)Oc3ccccc32)=CC1. The molecule has 0 radical (unpaired) electrons. The van der Waals surface area contributed by atoms with Gasteiger partial charge < -0.3 is 14.2 Å². The Bertz CT molecular complexity index is 1020. The van der Waals surface area contributed by atoms with Crippen LogP contribution in [0.3, 0.4) is 0 Å². The van der Waals surface area contributed by atoms with E-state index >= 15 is 0 Å². The molecule has 2 unspecified atom stereocenters. The molecule has 0 N–H and O–H groups in total. The van der Waals surface area contributed by atoms with Gasteiger partial charge in [0.1, 0.15) is 22.6 Å². The van der Waals surface area contributed by atoms with E-state index in [9.17, 15) is 4.79 Å². The molecule has 6 nitrogen and oxygen atoms in total. The Hall–Kier alpha value is -2.51. The molecule has 182 valence electrons. The number of carbonyl (C=O) groups excluding carboxylic acids is 1. The van der Waals surface area contributed by atoms with Crippen LogP contribution < -0.4 is 4.74 Å². The van der Waals surface area contributed by atoms with Crippen molar-refractivity contribution in [2.45, 2.75) is 43.6 Å². The van der Waals surface area contributed by atoms with Gasteiger partial charge in [0.2, 0.25) is 0 Å². The molecule has 0 bridgehead atoms. The molecule has 0 amide bonds. The first-order valence-electron chi connectivity index (χ1n) is 12.0. The molecule has 1 heterocycles. The third kappa shape index (κ3) is 3.69. The molecule has 6 heteroatoms. The maximum atomic E-state index is 13.7. The standard InChI is InChI=1S/C28H36N2O4/c1-7-32-26(29(3)4)17-13-21(14-18-26)28(23-11-9-10-12-24(23)34-25(28)31)22-15-19-27(20-16-22,30(5)6)33-8-2/h9-17,19H,7-8,18,20H2,1-6H3. The van der Waals surface area contributed by atoms with E-state index in [4.69, 9.17) is 14.2 Å². The predicted octanol–water partition coefficient (Wildman–Crippen LogP) is 4.20. The van der Waals surface area contributed by atoms with Crippen molar-refractivity contribution in [1.82, 2.24) is 9.80 Å². The third-order valence-electron chi connectivity index (χ3n) is 7.24. The van der Waals surface area contributed by atoms with Crippen LogP contribution >= 0.6 is 0 Å². The number of allylic oxidation sites excluding steroid dienone is 2. The number of para-hydroxylation sites is 1. The first-order chi connectivity index (χ1) is 16.3. The number of ether oxygens (including phenoxy) is 3. The first-order valence-corrected chi connectivity index (χ1v) is 12.0. The summed E-state index contributed by atoms with van der Waals surface area (Å²) in [5.41, 5.74) is 0.586. The molecular weight excluding hydrogens is 428 g/mol.